The molecular weight excluding hydrogens is 234 g/mol. The topological polar surface area (TPSA) is 32.3 Å². The van der Waals surface area contributed by atoms with Crippen LogP contribution in [0, 0.1) is 23.2 Å². The fraction of sp³-hybridized carbons (Fsp3) is 1.00. The van der Waals surface area contributed by atoms with Crippen molar-refractivity contribution in [3.8, 4) is 0 Å². The maximum absolute atomic E-state index is 10.9. The maximum Gasteiger partial charge on any atom is 0.0611 e. The molecule has 108 valence electrons. The molecule has 19 heavy (non-hydrogen) atoms. The highest BCUT2D eigenvalue weighted by molar-refractivity contribution is 5.04. The summed E-state index contributed by atoms with van der Waals surface area (Å²) in [6, 6.07) is 0.594. The Labute approximate surface area is 117 Å². The van der Waals surface area contributed by atoms with E-state index in [0.717, 1.165) is 30.7 Å². The largest absolute Gasteiger partial charge is 0.392 e. The van der Waals surface area contributed by atoms with Crippen molar-refractivity contribution in [3.05, 3.63) is 0 Å². The molecule has 0 aromatic carbocycles. The van der Waals surface area contributed by atoms with Crippen molar-refractivity contribution in [1.29, 1.82) is 0 Å². The Kier molecular flexibility index (Phi) is 3.15. The minimum Gasteiger partial charge on any atom is -0.392 e. The summed E-state index contributed by atoms with van der Waals surface area (Å²) in [6.45, 7) is 1.16. The number of hydrogen-bond donors (Lipinski definition) is 2. The molecule has 0 aromatic rings. The van der Waals surface area contributed by atoms with Gasteiger partial charge in [0.2, 0.25) is 0 Å². The van der Waals surface area contributed by atoms with Crippen LogP contribution in [0.2, 0.25) is 0 Å². The summed E-state index contributed by atoms with van der Waals surface area (Å²) in [6.07, 6.45) is 13.4. The van der Waals surface area contributed by atoms with Crippen LogP contribution in [0.15, 0.2) is 0 Å². The van der Waals surface area contributed by atoms with Crippen LogP contribution in [0.1, 0.15) is 64.2 Å². The third-order valence-electron chi connectivity index (χ3n) is 6.71. The summed E-state index contributed by atoms with van der Waals surface area (Å²) in [7, 11) is 0. The van der Waals surface area contributed by atoms with Gasteiger partial charge in [0, 0.05) is 6.04 Å². The van der Waals surface area contributed by atoms with E-state index in [-0.39, 0.29) is 6.10 Å². The zero-order valence-corrected chi connectivity index (χ0v) is 12.1. The summed E-state index contributed by atoms with van der Waals surface area (Å²) in [5.74, 6) is 2.88. The van der Waals surface area contributed by atoms with E-state index < -0.39 is 0 Å². The van der Waals surface area contributed by atoms with E-state index in [1.165, 1.54) is 57.8 Å². The Balaban J connectivity index is 1.45. The Morgan fingerprint density at radius 3 is 2.16 bits per heavy atom. The van der Waals surface area contributed by atoms with Crippen molar-refractivity contribution in [2.75, 3.05) is 6.54 Å². The second kappa shape index (κ2) is 4.73. The summed E-state index contributed by atoms with van der Waals surface area (Å²) in [5.41, 5.74) is 0.327. The van der Waals surface area contributed by atoms with Crippen LogP contribution in [-0.2, 0) is 0 Å². The molecule has 4 bridgehead atoms. The van der Waals surface area contributed by atoms with Crippen LogP contribution in [-0.4, -0.2) is 23.8 Å². The predicted molar refractivity (Wildman–Crippen MR) is 76.9 cm³/mol. The molecule has 1 saturated heterocycles. The van der Waals surface area contributed by atoms with E-state index in [2.05, 4.69) is 5.32 Å². The van der Waals surface area contributed by atoms with Crippen molar-refractivity contribution in [2.45, 2.75) is 76.4 Å². The standard InChI is InChI=1S/C17H29NO/c19-16(8-15-3-1-2-4-18-15)17-9-12-5-13(10-17)7-14(6-12)11-17/h12-16,18-19H,1-11H2. The highest BCUT2D eigenvalue weighted by Gasteiger charge is 2.54. The lowest BCUT2D eigenvalue weighted by Gasteiger charge is -2.58. The van der Waals surface area contributed by atoms with Gasteiger partial charge >= 0.3 is 0 Å². The van der Waals surface area contributed by atoms with Crippen molar-refractivity contribution in [2.24, 2.45) is 23.2 Å². The zero-order chi connectivity index (χ0) is 12.9. The molecule has 1 aliphatic heterocycles. The molecule has 5 rings (SSSR count). The molecule has 2 heteroatoms. The molecule has 0 spiro atoms. The number of aliphatic hydroxyl groups excluding tert-OH is 1. The summed E-state index contributed by atoms with van der Waals surface area (Å²) >= 11 is 0. The zero-order valence-electron chi connectivity index (χ0n) is 12.1. The first-order valence-electron chi connectivity index (χ1n) is 8.65. The van der Waals surface area contributed by atoms with Gasteiger partial charge in [-0.15, -0.1) is 0 Å². The van der Waals surface area contributed by atoms with Gasteiger partial charge in [-0.05, 0) is 87.5 Å². The van der Waals surface area contributed by atoms with Crippen LogP contribution in [0.3, 0.4) is 0 Å². The predicted octanol–water partition coefficient (Wildman–Crippen LogP) is 3.10. The molecule has 2 N–H and O–H groups in total. The SMILES string of the molecule is OC(CC1CCCCN1)C12CC3CC(CC(C3)C1)C2. The number of rotatable bonds is 3. The lowest BCUT2D eigenvalue weighted by atomic mass is 9.48. The average molecular weight is 263 g/mol. The third kappa shape index (κ3) is 2.25. The van der Waals surface area contributed by atoms with Gasteiger partial charge in [-0.2, -0.15) is 0 Å². The molecular formula is C17H29NO. The van der Waals surface area contributed by atoms with Crippen LogP contribution < -0.4 is 5.32 Å². The average Bonchev–Trinajstić information content (AvgIpc) is 2.38. The van der Waals surface area contributed by atoms with Crippen molar-refractivity contribution in [1.82, 2.24) is 5.32 Å². The highest BCUT2D eigenvalue weighted by Crippen LogP contribution is 2.61. The Hall–Kier alpha value is -0.0800. The second-order valence-corrected chi connectivity index (χ2v) is 8.18. The molecule has 0 aromatic heterocycles. The van der Waals surface area contributed by atoms with Gasteiger partial charge in [-0.3, -0.25) is 0 Å². The quantitative estimate of drug-likeness (QED) is 0.820. The molecule has 0 amide bonds. The normalized spacial score (nSPS) is 50.4. The Bertz CT molecular complexity index is 299. The third-order valence-corrected chi connectivity index (χ3v) is 6.71. The monoisotopic (exact) mass is 263 g/mol. The van der Waals surface area contributed by atoms with E-state index in [1.807, 2.05) is 0 Å². The number of hydrogen-bond acceptors (Lipinski definition) is 2. The second-order valence-electron chi connectivity index (χ2n) is 8.18. The first kappa shape index (κ1) is 12.6. The minimum absolute atomic E-state index is 0.0310. The van der Waals surface area contributed by atoms with E-state index in [4.69, 9.17) is 0 Å². The number of nitrogens with one attached hydrogen (secondary N) is 1. The van der Waals surface area contributed by atoms with Gasteiger partial charge in [0.15, 0.2) is 0 Å². The molecule has 2 nitrogen and oxygen atoms in total. The summed E-state index contributed by atoms with van der Waals surface area (Å²) in [4.78, 5) is 0. The first-order chi connectivity index (χ1) is 9.23. The van der Waals surface area contributed by atoms with Crippen LogP contribution >= 0.6 is 0 Å². The van der Waals surface area contributed by atoms with E-state index >= 15 is 0 Å². The fourth-order valence-corrected chi connectivity index (χ4v) is 6.23. The van der Waals surface area contributed by atoms with Crippen molar-refractivity contribution >= 4 is 0 Å². The van der Waals surface area contributed by atoms with Gasteiger partial charge in [-0.25, -0.2) is 0 Å². The first-order valence-corrected chi connectivity index (χ1v) is 8.65. The van der Waals surface area contributed by atoms with Crippen molar-refractivity contribution in [3.63, 3.8) is 0 Å². The number of aliphatic hydroxyl groups is 1. The highest BCUT2D eigenvalue weighted by atomic mass is 16.3. The lowest BCUT2D eigenvalue weighted by molar-refractivity contribution is -0.124. The molecule has 5 fully saturated rings. The molecule has 0 radical (unpaired) electrons. The molecule has 5 aliphatic rings. The van der Waals surface area contributed by atoms with Crippen LogP contribution in [0.5, 0.6) is 0 Å². The number of piperidine rings is 1. The van der Waals surface area contributed by atoms with Gasteiger partial charge < -0.3 is 10.4 Å². The van der Waals surface area contributed by atoms with Gasteiger partial charge in [0.1, 0.15) is 0 Å². The van der Waals surface area contributed by atoms with E-state index in [1.54, 1.807) is 0 Å². The summed E-state index contributed by atoms with van der Waals surface area (Å²) in [5, 5.41) is 14.5. The van der Waals surface area contributed by atoms with Gasteiger partial charge in [0.05, 0.1) is 6.10 Å². The van der Waals surface area contributed by atoms with Crippen molar-refractivity contribution < 1.29 is 5.11 Å². The molecule has 1 heterocycles. The van der Waals surface area contributed by atoms with Gasteiger partial charge in [0.25, 0.3) is 0 Å². The molecule has 4 saturated carbocycles. The lowest BCUT2D eigenvalue weighted by Crippen LogP contribution is -2.53. The van der Waals surface area contributed by atoms with Crippen LogP contribution in [0.4, 0.5) is 0 Å². The smallest absolute Gasteiger partial charge is 0.0611 e. The van der Waals surface area contributed by atoms with E-state index in [0.29, 0.717) is 11.5 Å². The molecule has 2 unspecified atom stereocenters. The molecule has 2 atom stereocenters. The van der Waals surface area contributed by atoms with Crippen LogP contribution in [0.25, 0.3) is 0 Å². The molecule has 4 aliphatic carbocycles. The fourth-order valence-electron chi connectivity index (χ4n) is 6.23. The van der Waals surface area contributed by atoms with E-state index in [9.17, 15) is 5.11 Å². The Morgan fingerprint density at radius 1 is 1.00 bits per heavy atom. The minimum atomic E-state index is -0.0310. The maximum atomic E-state index is 10.9. The van der Waals surface area contributed by atoms with Gasteiger partial charge in [-0.1, -0.05) is 6.42 Å². The summed E-state index contributed by atoms with van der Waals surface area (Å²) < 4.78 is 0. The Morgan fingerprint density at radius 2 is 1.63 bits per heavy atom.